The van der Waals surface area contributed by atoms with Crippen molar-refractivity contribution >= 4 is 39.1 Å². The lowest BCUT2D eigenvalue weighted by molar-refractivity contribution is 0.595. The van der Waals surface area contributed by atoms with Gasteiger partial charge in [0.25, 0.3) is 0 Å². The molecule has 0 aliphatic carbocycles. The van der Waals surface area contributed by atoms with Gasteiger partial charge in [-0.05, 0) is 46.5 Å². The molecule has 3 rings (SSSR count). The molecule has 0 saturated carbocycles. The monoisotopic (exact) mass is 402 g/mol. The first kappa shape index (κ1) is 19.1. The van der Waals surface area contributed by atoms with Gasteiger partial charge in [0.1, 0.15) is 0 Å². The number of halogens is 1. The van der Waals surface area contributed by atoms with Crippen molar-refractivity contribution in [3.8, 4) is 0 Å². The zero-order valence-corrected chi connectivity index (χ0v) is 17.6. The van der Waals surface area contributed by atoms with Crippen LogP contribution < -0.4 is 0 Å². The van der Waals surface area contributed by atoms with Crippen molar-refractivity contribution in [1.29, 1.82) is 0 Å². The Morgan fingerprint density at radius 2 is 1.46 bits per heavy atom. The molecule has 0 radical (unpaired) electrons. The van der Waals surface area contributed by atoms with Crippen molar-refractivity contribution in [2.24, 2.45) is 0 Å². The molecule has 0 atom stereocenters. The summed E-state index contributed by atoms with van der Waals surface area (Å²) >= 11 is 6.36. The van der Waals surface area contributed by atoms with Gasteiger partial charge in [-0.2, -0.15) is 11.1 Å². The summed E-state index contributed by atoms with van der Waals surface area (Å²) in [4.78, 5) is 0.372. The predicted octanol–water partition coefficient (Wildman–Crippen LogP) is 5.80. The second-order valence-corrected chi connectivity index (χ2v) is 16.3. The van der Waals surface area contributed by atoms with E-state index < -0.39 is 17.2 Å². The maximum Gasteiger partial charge on any atom is 0.182 e. The van der Waals surface area contributed by atoms with Gasteiger partial charge in [0.2, 0.25) is 0 Å². The van der Waals surface area contributed by atoms with Crippen LogP contribution in [0.15, 0.2) is 71.6 Å². The van der Waals surface area contributed by atoms with Crippen LogP contribution in [-0.2, 0) is 22.0 Å². The number of hydrogen-bond acceptors (Lipinski definition) is 2. The third-order valence-corrected chi connectivity index (χ3v) is 8.17. The van der Waals surface area contributed by atoms with Gasteiger partial charge in [0.15, 0.2) is 17.2 Å². The van der Waals surface area contributed by atoms with Crippen molar-refractivity contribution < 1.29 is 8.42 Å². The molecule has 0 saturated heterocycles. The van der Waals surface area contributed by atoms with Gasteiger partial charge in [-0.25, -0.2) is 8.42 Å². The number of sulfone groups is 1. The zero-order chi connectivity index (χ0) is 18.8. The van der Waals surface area contributed by atoms with Gasteiger partial charge in [-0.15, -0.1) is 0 Å². The third-order valence-electron chi connectivity index (χ3n) is 4.46. The van der Waals surface area contributed by atoms with E-state index in [-0.39, 0.29) is 5.75 Å². The van der Waals surface area contributed by atoms with Gasteiger partial charge >= 0.3 is 0 Å². The fraction of sp³-hybridized carbons (Fsp3) is 0.238. The summed E-state index contributed by atoms with van der Waals surface area (Å²) in [5.41, 5.74) is 1.94. The average molecular weight is 403 g/mol. The van der Waals surface area contributed by atoms with E-state index in [2.05, 4.69) is 13.1 Å². The number of aryl methyl sites for hydroxylation is 1. The summed E-state index contributed by atoms with van der Waals surface area (Å²) < 4.78 is 25.5. The Labute approximate surface area is 161 Å². The van der Waals surface area contributed by atoms with Crippen molar-refractivity contribution in [3.05, 3.63) is 77.9 Å². The smallest absolute Gasteiger partial charge is 0.182 e. The molecule has 0 amide bonds. The molecule has 5 heteroatoms. The Bertz CT molecular complexity index is 1010. The summed E-state index contributed by atoms with van der Waals surface area (Å²) in [5, 5.41) is 2.17. The molecular formula is C21H23ClO2SSi. The van der Waals surface area contributed by atoms with E-state index in [1.807, 2.05) is 54.6 Å². The van der Waals surface area contributed by atoms with E-state index >= 15 is 0 Å². The van der Waals surface area contributed by atoms with Crippen LogP contribution in [0.1, 0.15) is 11.1 Å². The number of rotatable bonds is 6. The van der Waals surface area contributed by atoms with Gasteiger partial charge < -0.3 is 0 Å². The summed E-state index contributed by atoms with van der Waals surface area (Å²) in [7, 11) is -4.97. The van der Waals surface area contributed by atoms with Crippen LogP contribution in [0.25, 0.3) is 10.8 Å². The quantitative estimate of drug-likeness (QED) is 0.385. The minimum absolute atomic E-state index is 0.0127. The SMILES string of the molecule is C[Si](C)(Cl)CCc1ccc(S(=O)(=O)Cc2ccc3ccccc3c2)cc1. The summed E-state index contributed by atoms with van der Waals surface area (Å²) in [5.74, 6) is 0.0127. The zero-order valence-electron chi connectivity index (χ0n) is 15.1. The Morgan fingerprint density at radius 3 is 2.12 bits per heavy atom. The molecule has 0 aromatic heterocycles. The largest absolute Gasteiger partial charge is 0.223 e. The van der Waals surface area contributed by atoms with Gasteiger partial charge in [-0.3, -0.25) is 0 Å². The Hall–Kier alpha value is -1.62. The van der Waals surface area contributed by atoms with Crippen LogP contribution in [0.3, 0.4) is 0 Å². The van der Waals surface area contributed by atoms with Crippen LogP contribution in [0.2, 0.25) is 19.1 Å². The minimum Gasteiger partial charge on any atom is -0.223 e. The normalized spacial score (nSPS) is 12.4. The van der Waals surface area contributed by atoms with Crippen molar-refractivity contribution in [2.45, 2.75) is 36.2 Å². The Morgan fingerprint density at radius 1 is 0.846 bits per heavy atom. The van der Waals surface area contributed by atoms with E-state index in [0.717, 1.165) is 34.4 Å². The summed E-state index contributed by atoms with van der Waals surface area (Å²) in [6.07, 6.45) is 0.897. The fourth-order valence-corrected chi connectivity index (χ4v) is 5.44. The molecule has 0 heterocycles. The highest BCUT2D eigenvalue weighted by Crippen LogP contribution is 2.22. The summed E-state index contributed by atoms with van der Waals surface area (Å²) in [6, 6.07) is 22.0. The molecule has 0 spiro atoms. The molecule has 0 unspecified atom stereocenters. The second-order valence-electron chi connectivity index (χ2n) is 7.30. The second kappa shape index (κ2) is 7.55. The van der Waals surface area contributed by atoms with Crippen LogP contribution in [0.4, 0.5) is 0 Å². The molecule has 0 aliphatic rings. The van der Waals surface area contributed by atoms with E-state index in [9.17, 15) is 8.42 Å². The fourth-order valence-electron chi connectivity index (χ4n) is 2.94. The Kier molecular flexibility index (Phi) is 5.56. The molecule has 0 N–H and O–H groups in total. The van der Waals surface area contributed by atoms with E-state index in [0.29, 0.717) is 4.90 Å². The highest BCUT2D eigenvalue weighted by atomic mass is 35.6. The topological polar surface area (TPSA) is 34.1 Å². The van der Waals surface area contributed by atoms with Crippen LogP contribution in [0.5, 0.6) is 0 Å². The van der Waals surface area contributed by atoms with E-state index in [4.69, 9.17) is 11.1 Å². The lowest BCUT2D eigenvalue weighted by atomic mass is 10.1. The number of fused-ring (bicyclic) bond motifs is 1. The molecule has 136 valence electrons. The molecule has 0 bridgehead atoms. The average Bonchev–Trinajstić information content (AvgIpc) is 2.59. The molecular weight excluding hydrogens is 380 g/mol. The molecule has 0 aliphatic heterocycles. The van der Waals surface area contributed by atoms with Crippen molar-refractivity contribution in [2.75, 3.05) is 0 Å². The van der Waals surface area contributed by atoms with E-state index in [1.54, 1.807) is 12.1 Å². The lowest BCUT2D eigenvalue weighted by Crippen LogP contribution is -2.16. The third kappa shape index (κ3) is 4.97. The minimum atomic E-state index is -3.36. The van der Waals surface area contributed by atoms with Crippen molar-refractivity contribution in [1.82, 2.24) is 0 Å². The van der Waals surface area contributed by atoms with Gasteiger partial charge in [0.05, 0.1) is 10.6 Å². The maximum atomic E-state index is 12.8. The molecule has 26 heavy (non-hydrogen) atoms. The predicted molar refractivity (Wildman–Crippen MR) is 113 cm³/mol. The Balaban J connectivity index is 1.76. The first-order valence-electron chi connectivity index (χ1n) is 8.71. The summed E-state index contributed by atoms with van der Waals surface area (Å²) in [6.45, 7) is 4.24. The van der Waals surface area contributed by atoms with Crippen LogP contribution in [-0.4, -0.2) is 15.8 Å². The molecule has 3 aromatic rings. The van der Waals surface area contributed by atoms with Crippen molar-refractivity contribution in [3.63, 3.8) is 0 Å². The first-order valence-corrected chi connectivity index (χ1v) is 14.6. The highest BCUT2D eigenvalue weighted by molar-refractivity contribution is 7.90. The number of benzene rings is 3. The van der Waals surface area contributed by atoms with E-state index in [1.165, 1.54) is 0 Å². The van der Waals surface area contributed by atoms with Gasteiger partial charge in [-0.1, -0.05) is 67.7 Å². The number of hydrogen-bond donors (Lipinski definition) is 0. The maximum absolute atomic E-state index is 12.8. The lowest BCUT2D eigenvalue weighted by Gasteiger charge is -2.12. The molecule has 3 aromatic carbocycles. The molecule has 2 nitrogen and oxygen atoms in total. The van der Waals surface area contributed by atoms with Gasteiger partial charge in [0, 0.05) is 0 Å². The van der Waals surface area contributed by atoms with Crippen LogP contribution in [0, 0.1) is 0 Å². The first-order chi connectivity index (χ1) is 12.2. The molecule has 0 fully saturated rings. The highest BCUT2D eigenvalue weighted by Gasteiger charge is 2.18. The standard InChI is InChI=1S/C21H23ClO2SSi/c1-26(2,22)14-13-17-8-11-21(12-9-17)25(23,24)16-18-7-10-19-5-3-4-6-20(19)15-18/h3-12,15H,13-14,16H2,1-2H3. The van der Waals surface area contributed by atoms with Crippen LogP contribution >= 0.6 is 11.1 Å².